The van der Waals surface area contributed by atoms with E-state index in [-0.39, 0.29) is 0 Å². The summed E-state index contributed by atoms with van der Waals surface area (Å²) in [6.07, 6.45) is 0.893. The first kappa shape index (κ1) is 15.0. The van der Waals surface area contributed by atoms with Crippen LogP contribution >= 0.6 is 0 Å². The van der Waals surface area contributed by atoms with Gasteiger partial charge in [-0.15, -0.1) is 0 Å². The summed E-state index contributed by atoms with van der Waals surface area (Å²) in [4.78, 5) is 9.96. The van der Waals surface area contributed by atoms with Gasteiger partial charge in [0.05, 0.1) is 11.4 Å². The average Bonchev–Trinajstić information content (AvgIpc) is 3.06. The number of rotatable bonds is 2. The van der Waals surface area contributed by atoms with E-state index < -0.39 is 0 Å². The molecule has 2 nitrogen and oxygen atoms in total. The Morgan fingerprint density at radius 2 is 1.35 bits per heavy atom. The lowest BCUT2D eigenvalue weighted by Crippen LogP contribution is -1.99. The van der Waals surface area contributed by atoms with Gasteiger partial charge in [0, 0.05) is 28.7 Å². The largest absolute Gasteiger partial charge is 0.228 e. The molecule has 26 heavy (non-hydrogen) atoms. The van der Waals surface area contributed by atoms with Gasteiger partial charge in [0.1, 0.15) is 0 Å². The van der Waals surface area contributed by atoms with Crippen LogP contribution in [0.3, 0.4) is 0 Å². The second-order valence-electron chi connectivity index (χ2n) is 6.79. The Labute approximate surface area is 153 Å². The Morgan fingerprint density at radius 1 is 0.692 bits per heavy atom. The maximum Gasteiger partial charge on any atom is 0.160 e. The lowest BCUT2D eigenvalue weighted by Gasteiger charge is -2.11. The molecule has 1 aromatic heterocycles. The van der Waals surface area contributed by atoms with Crippen LogP contribution in [0.2, 0.25) is 0 Å². The van der Waals surface area contributed by atoms with Gasteiger partial charge >= 0.3 is 0 Å². The molecular formula is C24H18N2. The third kappa shape index (κ3) is 2.42. The van der Waals surface area contributed by atoms with Crippen molar-refractivity contribution in [3.05, 3.63) is 95.6 Å². The normalized spacial score (nSPS) is 11.9. The second-order valence-corrected chi connectivity index (χ2v) is 6.79. The summed E-state index contributed by atoms with van der Waals surface area (Å²) in [5, 5.41) is 0. The fourth-order valence-corrected chi connectivity index (χ4v) is 3.68. The average molecular weight is 334 g/mol. The molecule has 0 atom stereocenters. The molecule has 0 spiro atoms. The van der Waals surface area contributed by atoms with Crippen molar-refractivity contribution in [2.24, 2.45) is 0 Å². The molecule has 1 heterocycles. The zero-order valence-electron chi connectivity index (χ0n) is 14.6. The number of fused-ring (bicyclic) bond motifs is 3. The number of hydrogen-bond donors (Lipinski definition) is 0. The van der Waals surface area contributed by atoms with Crippen LogP contribution in [0.1, 0.15) is 16.7 Å². The van der Waals surface area contributed by atoms with E-state index in [2.05, 4.69) is 61.5 Å². The van der Waals surface area contributed by atoms with Crippen LogP contribution in [0.25, 0.3) is 33.9 Å². The first-order chi connectivity index (χ1) is 12.8. The summed E-state index contributed by atoms with van der Waals surface area (Å²) in [7, 11) is 0. The number of aromatic nitrogens is 2. The van der Waals surface area contributed by atoms with Crippen LogP contribution in [0.15, 0.2) is 78.9 Å². The molecule has 0 saturated carbocycles. The first-order valence-electron chi connectivity index (χ1n) is 8.91. The van der Waals surface area contributed by atoms with Gasteiger partial charge in [0.25, 0.3) is 0 Å². The minimum absolute atomic E-state index is 0.789. The fourth-order valence-electron chi connectivity index (χ4n) is 3.68. The molecule has 2 heteroatoms. The summed E-state index contributed by atoms with van der Waals surface area (Å²) < 4.78 is 0. The Balaban J connectivity index is 1.80. The minimum atomic E-state index is 0.789. The predicted octanol–water partition coefficient (Wildman–Crippen LogP) is 5.69. The Bertz CT molecular complexity index is 1100. The van der Waals surface area contributed by atoms with E-state index >= 15 is 0 Å². The highest BCUT2D eigenvalue weighted by Gasteiger charge is 2.25. The zero-order chi connectivity index (χ0) is 17.5. The molecule has 0 aliphatic heterocycles. The molecule has 0 fully saturated rings. The zero-order valence-corrected chi connectivity index (χ0v) is 14.6. The molecule has 4 aromatic rings. The van der Waals surface area contributed by atoms with Gasteiger partial charge in [0.2, 0.25) is 0 Å². The SMILES string of the molecule is Cc1ccc2c(c1)-c1nc(-c3ccccc3)nc(-c3ccccc3)c1C2. The van der Waals surface area contributed by atoms with Gasteiger partial charge in [-0.1, -0.05) is 78.4 Å². The summed E-state index contributed by atoms with van der Waals surface area (Å²) in [6, 6.07) is 27.3. The quantitative estimate of drug-likeness (QED) is 0.414. The lowest BCUT2D eigenvalue weighted by atomic mass is 10.0. The third-order valence-electron chi connectivity index (χ3n) is 4.97. The summed E-state index contributed by atoms with van der Waals surface area (Å²) in [6.45, 7) is 2.13. The van der Waals surface area contributed by atoms with Crippen molar-refractivity contribution in [2.45, 2.75) is 13.3 Å². The predicted molar refractivity (Wildman–Crippen MR) is 106 cm³/mol. The van der Waals surface area contributed by atoms with Crippen LogP contribution in [0.4, 0.5) is 0 Å². The molecule has 3 aromatic carbocycles. The van der Waals surface area contributed by atoms with Crippen molar-refractivity contribution < 1.29 is 0 Å². The van der Waals surface area contributed by atoms with E-state index in [1.54, 1.807) is 0 Å². The summed E-state index contributed by atoms with van der Waals surface area (Å²) >= 11 is 0. The summed E-state index contributed by atoms with van der Waals surface area (Å²) in [5.41, 5.74) is 9.40. The number of benzene rings is 3. The van der Waals surface area contributed by atoms with Gasteiger partial charge in [-0.25, -0.2) is 9.97 Å². The van der Waals surface area contributed by atoms with Gasteiger partial charge in [-0.2, -0.15) is 0 Å². The van der Waals surface area contributed by atoms with Crippen molar-refractivity contribution in [1.82, 2.24) is 9.97 Å². The molecular weight excluding hydrogens is 316 g/mol. The van der Waals surface area contributed by atoms with Crippen LogP contribution in [0, 0.1) is 6.92 Å². The standard InChI is InChI=1S/C24H18N2/c1-16-12-13-19-15-21-22(17-8-4-2-5-9-17)25-24(18-10-6-3-7-11-18)26-23(21)20(19)14-16/h2-14H,15H2,1H3. The van der Waals surface area contributed by atoms with E-state index in [1.807, 2.05) is 24.3 Å². The highest BCUT2D eigenvalue weighted by atomic mass is 14.9. The van der Waals surface area contributed by atoms with Gasteiger partial charge in [-0.3, -0.25) is 0 Å². The Kier molecular flexibility index (Phi) is 3.42. The minimum Gasteiger partial charge on any atom is -0.228 e. The van der Waals surface area contributed by atoms with Crippen molar-refractivity contribution in [3.8, 4) is 33.9 Å². The number of aryl methyl sites for hydroxylation is 1. The molecule has 0 N–H and O–H groups in total. The van der Waals surface area contributed by atoms with Crippen molar-refractivity contribution in [1.29, 1.82) is 0 Å². The van der Waals surface area contributed by atoms with Crippen LogP contribution in [-0.4, -0.2) is 9.97 Å². The van der Waals surface area contributed by atoms with E-state index in [1.165, 1.54) is 22.3 Å². The number of nitrogens with zero attached hydrogens (tertiary/aromatic N) is 2. The van der Waals surface area contributed by atoms with Crippen molar-refractivity contribution in [2.75, 3.05) is 0 Å². The molecule has 1 aliphatic rings. The molecule has 124 valence electrons. The highest BCUT2D eigenvalue weighted by molar-refractivity contribution is 5.82. The molecule has 0 saturated heterocycles. The Hall–Kier alpha value is -3.26. The van der Waals surface area contributed by atoms with Gasteiger partial charge in [-0.05, 0) is 18.6 Å². The van der Waals surface area contributed by atoms with Crippen LogP contribution in [-0.2, 0) is 6.42 Å². The maximum atomic E-state index is 4.98. The van der Waals surface area contributed by atoms with E-state index in [9.17, 15) is 0 Å². The number of hydrogen-bond acceptors (Lipinski definition) is 2. The Morgan fingerprint density at radius 3 is 2.08 bits per heavy atom. The van der Waals surface area contributed by atoms with Crippen molar-refractivity contribution >= 4 is 0 Å². The van der Waals surface area contributed by atoms with Crippen LogP contribution < -0.4 is 0 Å². The monoisotopic (exact) mass is 334 g/mol. The van der Waals surface area contributed by atoms with Crippen LogP contribution in [0.5, 0.6) is 0 Å². The topological polar surface area (TPSA) is 25.8 Å². The second kappa shape index (κ2) is 5.92. The molecule has 0 unspecified atom stereocenters. The maximum absolute atomic E-state index is 4.98. The molecule has 1 aliphatic carbocycles. The molecule has 5 rings (SSSR count). The van der Waals surface area contributed by atoms with Gasteiger partial charge in [0.15, 0.2) is 5.82 Å². The molecule has 0 amide bonds. The van der Waals surface area contributed by atoms with E-state index in [0.717, 1.165) is 34.8 Å². The third-order valence-corrected chi connectivity index (χ3v) is 4.97. The van der Waals surface area contributed by atoms with Crippen molar-refractivity contribution in [3.63, 3.8) is 0 Å². The molecule has 0 radical (unpaired) electrons. The van der Waals surface area contributed by atoms with E-state index in [0.29, 0.717) is 0 Å². The summed E-state index contributed by atoms with van der Waals surface area (Å²) in [5.74, 6) is 0.789. The van der Waals surface area contributed by atoms with Gasteiger partial charge < -0.3 is 0 Å². The highest BCUT2D eigenvalue weighted by Crippen LogP contribution is 2.41. The smallest absolute Gasteiger partial charge is 0.160 e. The first-order valence-corrected chi connectivity index (χ1v) is 8.91. The lowest BCUT2D eigenvalue weighted by molar-refractivity contribution is 1.13. The molecule has 0 bridgehead atoms. The fraction of sp³-hybridized carbons (Fsp3) is 0.0833. The van der Waals surface area contributed by atoms with E-state index in [4.69, 9.17) is 9.97 Å².